The second-order valence-corrected chi connectivity index (χ2v) is 5.54. The van der Waals surface area contributed by atoms with Gasteiger partial charge in [-0.2, -0.15) is 0 Å². The molecule has 0 aliphatic heterocycles. The molecule has 92 valence electrons. The fourth-order valence-corrected chi connectivity index (χ4v) is 1.43. The van der Waals surface area contributed by atoms with Crippen LogP contribution in [0.2, 0.25) is 0 Å². The van der Waals surface area contributed by atoms with E-state index in [0.717, 1.165) is 0 Å². The molecule has 0 spiro atoms. The standard InChI is InChI=1S/C7H18NO6P/c1-8(2,3)6-14-15(11,12)13-5-7(10)4-9/h7,9-10H,4-6H2,1-3H3/t7-/m0/s1. The van der Waals surface area contributed by atoms with Crippen LogP contribution >= 0.6 is 7.82 Å². The van der Waals surface area contributed by atoms with Crippen LogP contribution in [0, 0.1) is 0 Å². The molecule has 0 saturated carbocycles. The Bertz CT molecular complexity index is 228. The molecule has 15 heavy (non-hydrogen) atoms. The van der Waals surface area contributed by atoms with E-state index in [1.165, 1.54) is 0 Å². The van der Waals surface area contributed by atoms with Crippen molar-refractivity contribution in [2.24, 2.45) is 0 Å². The summed E-state index contributed by atoms with van der Waals surface area (Å²) < 4.78 is 20.3. The third-order valence-electron chi connectivity index (χ3n) is 1.24. The molecule has 0 saturated heterocycles. The Kier molecular flexibility index (Phi) is 5.90. The summed E-state index contributed by atoms with van der Waals surface area (Å²) in [6.07, 6.45) is -1.22. The monoisotopic (exact) mass is 243 g/mol. The maximum atomic E-state index is 11.1. The number of phosphoric ester groups is 1. The average molecular weight is 243 g/mol. The van der Waals surface area contributed by atoms with Gasteiger partial charge in [0.2, 0.25) is 0 Å². The first-order valence-corrected chi connectivity index (χ1v) is 5.82. The van der Waals surface area contributed by atoms with Gasteiger partial charge >= 0.3 is 0 Å². The molecular formula is C7H18NO6P. The Morgan fingerprint density at radius 3 is 2.33 bits per heavy atom. The Hall–Kier alpha value is -0.0100. The second kappa shape index (κ2) is 5.91. The van der Waals surface area contributed by atoms with Crippen molar-refractivity contribution >= 4 is 7.82 Å². The topological polar surface area (TPSA) is 99.1 Å². The quantitative estimate of drug-likeness (QED) is 0.321. The zero-order chi connectivity index (χ0) is 12.1. The number of aliphatic hydroxyl groups excluding tert-OH is 2. The number of aliphatic hydroxyl groups is 2. The van der Waals surface area contributed by atoms with Crippen LogP contribution in [-0.2, 0) is 13.6 Å². The van der Waals surface area contributed by atoms with Crippen molar-refractivity contribution in [3.05, 3.63) is 0 Å². The lowest BCUT2D eigenvalue weighted by Crippen LogP contribution is -2.37. The molecule has 0 fully saturated rings. The molecule has 0 rings (SSSR count). The fourth-order valence-electron chi connectivity index (χ4n) is 0.511. The molecule has 7 nitrogen and oxygen atoms in total. The van der Waals surface area contributed by atoms with Gasteiger partial charge in [0, 0.05) is 0 Å². The van der Waals surface area contributed by atoms with Crippen LogP contribution in [-0.4, -0.2) is 61.9 Å². The van der Waals surface area contributed by atoms with Crippen molar-refractivity contribution < 1.29 is 33.2 Å². The number of hydrogen-bond donors (Lipinski definition) is 2. The van der Waals surface area contributed by atoms with Crippen molar-refractivity contribution in [3.8, 4) is 0 Å². The van der Waals surface area contributed by atoms with Gasteiger partial charge in [-0.1, -0.05) is 0 Å². The molecule has 2 atom stereocenters. The predicted octanol–water partition coefficient (Wildman–Crippen LogP) is -1.50. The van der Waals surface area contributed by atoms with Gasteiger partial charge in [-0.3, -0.25) is 9.09 Å². The van der Waals surface area contributed by atoms with E-state index in [1.807, 2.05) is 0 Å². The van der Waals surface area contributed by atoms with Gasteiger partial charge in [-0.05, 0) is 0 Å². The summed E-state index contributed by atoms with van der Waals surface area (Å²) in [5, 5.41) is 17.3. The van der Waals surface area contributed by atoms with E-state index in [4.69, 9.17) is 10.2 Å². The Balaban J connectivity index is 3.93. The van der Waals surface area contributed by atoms with Gasteiger partial charge < -0.3 is 24.1 Å². The van der Waals surface area contributed by atoms with Gasteiger partial charge in [0.1, 0.15) is 6.10 Å². The van der Waals surface area contributed by atoms with Crippen LogP contribution in [0.1, 0.15) is 0 Å². The lowest BCUT2D eigenvalue weighted by atomic mass is 10.4. The van der Waals surface area contributed by atoms with Crippen molar-refractivity contribution in [1.29, 1.82) is 0 Å². The number of rotatable bonds is 7. The van der Waals surface area contributed by atoms with Crippen molar-refractivity contribution in [2.75, 3.05) is 41.1 Å². The number of quaternary nitrogens is 1. The van der Waals surface area contributed by atoms with Crippen molar-refractivity contribution in [2.45, 2.75) is 6.10 Å². The second-order valence-electron chi connectivity index (χ2n) is 4.13. The van der Waals surface area contributed by atoms with E-state index < -0.39 is 27.1 Å². The van der Waals surface area contributed by atoms with Crippen LogP contribution in [0.5, 0.6) is 0 Å². The number of phosphoric acid groups is 1. The number of nitrogens with zero attached hydrogens (tertiary/aromatic N) is 1. The molecule has 0 aromatic heterocycles. The molecule has 1 unspecified atom stereocenters. The van der Waals surface area contributed by atoms with Crippen molar-refractivity contribution in [1.82, 2.24) is 0 Å². The van der Waals surface area contributed by atoms with E-state index in [-0.39, 0.29) is 6.73 Å². The number of hydrogen-bond acceptors (Lipinski definition) is 6. The molecule has 0 bridgehead atoms. The van der Waals surface area contributed by atoms with Gasteiger partial charge in [0.15, 0.2) is 6.73 Å². The van der Waals surface area contributed by atoms with E-state index in [9.17, 15) is 9.46 Å². The fraction of sp³-hybridized carbons (Fsp3) is 1.00. The SMILES string of the molecule is C[N+](C)(C)COP(=O)([O-])OC[C@@H](O)CO. The van der Waals surface area contributed by atoms with E-state index >= 15 is 0 Å². The normalized spacial score (nSPS) is 18.5. The van der Waals surface area contributed by atoms with Crippen molar-refractivity contribution in [3.63, 3.8) is 0 Å². The van der Waals surface area contributed by atoms with E-state index in [1.54, 1.807) is 21.1 Å². The van der Waals surface area contributed by atoms with Gasteiger partial charge in [-0.25, -0.2) is 0 Å². The lowest BCUT2D eigenvalue weighted by molar-refractivity contribution is -0.887. The minimum atomic E-state index is -4.39. The zero-order valence-electron chi connectivity index (χ0n) is 9.12. The van der Waals surface area contributed by atoms with Crippen LogP contribution in [0.25, 0.3) is 0 Å². The summed E-state index contributed by atoms with van der Waals surface area (Å²) in [4.78, 5) is 11.1. The average Bonchev–Trinajstić information content (AvgIpc) is 2.10. The van der Waals surface area contributed by atoms with Crippen LogP contribution in [0.15, 0.2) is 0 Å². The maximum Gasteiger partial charge on any atom is 0.272 e. The maximum absolute atomic E-state index is 11.1. The smallest absolute Gasteiger partial charge is 0.272 e. The molecule has 0 aromatic rings. The Labute approximate surface area is 89.1 Å². The summed E-state index contributed by atoms with van der Waals surface area (Å²) in [5.74, 6) is 0. The minimum Gasteiger partial charge on any atom is -0.756 e. The highest BCUT2D eigenvalue weighted by molar-refractivity contribution is 7.45. The highest BCUT2D eigenvalue weighted by atomic mass is 31.2. The summed E-state index contributed by atoms with van der Waals surface area (Å²) >= 11 is 0. The van der Waals surface area contributed by atoms with Gasteiger partial charge in [0.05, 0.1) is 34.4 Å². The van der Waals surface area contributed by atoms with Gasteiger partial charge in [0.25, 0.3) is 7.82 Å². The zero-order valence-corrected chi connectivity index (χ0v) is 10.0. The largest absolute Gasteiger partial charge is 0.756 e. The van der Waals surface area contributed by atoms with E-state index in [2.05, 4.69) is 9.05 Å². The summed E-state index contributed by atoms with van der Waals surface area (Å²) in [6.45, 7) is -1.13. The van der Waals surface area contributed by atoms with Crippen LogP contribution < -0.4 is 4.89 Å². The summed E-state index contributed by atoms with van der Waals surface area (Å²) in [7, 11) is 0.865. The first kappa shape index (κ1) is 15.0. The van der Waals surface area contributed by atoms with Crippen LogP contribution in [0.3, 0.4) is 0 Å². The summed E-state index contributed by atoms with van der Waals surface area (Å²) in [6, 6.07) is 0. The first-order valence-electron chi connectivity index (χ1n) is 4.36. The molecule has 0 aromatic carbocycles. The molecule has 0 radical (unpaired) electrons. The lowest BCUT2D eigenvalue weighted by Gasteiger charge is -2.29. The molecule has 8 heteroatoms. The summed E-state index contributed by atoms with van der Waals surface area (Å²) in [5.41, 5.74) is 0. The van der Waals surface area contributed by atoms with Crippen LogP contribution in [0.4, 0.5) is 0 Å². The molecule has 0 heterocycles. The highest BCUT2D eigenvalue weighted by Gasteiger charge is 2.16. The predicted molar refractivity (Wildman–Crippen MR) is 50.6 cm³/mol. The first-order chi connectivity index (χ1) is 6.66. The third kappa shape index (κ3) is 8.95. The highest BCUT2D eigenvalue weighted by Crippen LogP contribution is 2.38. The minimum absolute atomic E-state index is 0.0595. The Morgan fingerprint density at radius 1 is 1.40 bits per heavy atom. The molecule has 2 N–H and O–H groups in total. The molecule has 0 amide bonds. The molecule has 0 aliphatic carbocycles. The van der Waals surface area contributed by atoms with E-state index in [0.29, 0.717) is 4.48 Å². The molecule has 0 aliphatic rings. The third-order valence-corrected chi connectivity index (χ3v) is 2.14. The van der Waals surface area contributed by atoms with Gasteiger partial charge in [-0.15, -0.1) is 0 Å². The Morgan fingerprint density at radius 2 is 1.93 bits per heavy atom. The molecular weight excluding hydrogens is 225 g/mol.